The summed E-state index contributed by atoms with van der Waals surface area (Å²) in [5.74, 6) is 1.22. The molecule has 1 heterocycles. The molecule has 1 fully saturated rings. The van der Waals surface area contributed by atoms with Gasteiger partial charge in [-0.25, -0.2) is 4.79 Å². The molecule has 6 heteroatoms. The van der Waals surface area contributed by atoms with Gasteiger partial charge in [0.15, 0.2) is 11.5 Å². The van der Waals surface area contributed by atoms with Gasteiger partial charge in [0.1, 0.15) is 5.37 Å². The number of methoxy groups -OCH3 is 1. The number of ether oxygens (including phenoxy) is 2. The van der Waals surface area contributed by atoms with E-state index in [9.17, 15) is 9.59 Å². The normalized spacial score (nSPS) is 15.6. The fourth-order valence-electron chi connectivity index (χ4n) is 3.36. The first-order valence-electron chi connectivity index (χ1n) is 9.60. The first kappa shape index (κ1) is 20.0. The fourth-order valence-corrected chi connectivity index (χ4v) is 4.60. The molecule has 1 saturated heterocycles. The molecule has 152 valence electrons. The molecule has 0 aromatic heterocycles. The Morgan fingerprint density at radius 1 is 0.900 bits per heavy atom. The van der Waals surface area contributed by atoms with E-state index in [4.69, 9.17) is 9.47 Å². The van der Waals surface area contributed by atoms with E-state index in [1.807, 2.05) is 53.4 Å². The third kappa shape index (κ3) is 4.19. The molecule has 0 N–H and O–H groups in total. The smallest absolute Gasteiger partial charge is 0.343 e. The first-order chi connectivity index (χ1) is 14.7. The molecule has 4 rings (SSSR count). The standard InChI is InChI=1S/C24H21NO4S/c1-28-21-16-19(12-13-20(21)29-24(27)18-10-6-3-7-11-18)23-25(14-15-30-23)22(26)17-8-4-2-5-9-17/h2-13,16,23H,14-15H2,1H3. The van der Waals surface area contributed by atoms with Crippen molar-refractivity contribution in [2.24, 2.45) is 0 Å². The second-order valence-corrected chi connectivity index (χ2v) is 7.94. The maximum Gasteiger partial charge on any atom is 0.343 e. The molecule has 3 aromatic carbocycles. The van der Waals surface area contributed by atoms with Gasteiger partial charge in [0.2, 0.25) is 0 Å². The number of hydrogen-bond donors (Lipinski definition) is 0. The minimum absolute atomic E-state index is 0.00384. The largest absolute Gasteiger partial charge is 0.493 e. The van der Waals surface area contributed by atoms with Gasteiger partial charge in [-0.15, -0.1) is 11.8 Å². The number of esters is 1. The van der Waals surface area contributed by atoms with Crippen LogP contribution in [0.15, 0.2) is 78.9 Å². The van der Waals surface area contributed by atoms with Crippen molar-refractivity contribution in [1.29, 1.82) is 0 Å². The summed E-state index contributed by atoms with van der Waals surface area (Å²) in [6.07, 6.45) is 0. The fraction of sp³-hybridized carbons (Fsp3) is 0.167. The highest BCUT2D eigenvalue weighted by molar-refractivity contribution is 7.99. The summed E-state index contributed by atoms with van der Waals surface area (Å²) >= 11 is 1.70. The summed E-state index contributed by atoms with van der Waals surface area (Å²) in [6.45, 7) is 0.677. The van der Waals surface area contributed by atoms with Crippen LogP contribution in [0.2, 0.25) is 0 Å². The molecule has 1 amide bonds. The van der Waals surface area contributed by atoms with Gasteiger partial charge in [-0.2, -0.15) is 0 Å². The summed E-state index contributed by atoms with van der Waals surface area (Å²) in [7, 11) is 1.54. The molecular weight excluding hydrogens is 398 g/mol. The van der Waals surface area contributed by atoms with Gasteiger partial charge in [-0.3, -0.25) is 4.79 Å². The summed E-state index contributed by atoms with van der Waals surface area (Å²) < 4.78 is 11.0. The van der Waals surface area contributed by atoms with Crippen molar-refractivity contribution in [3.8, 4) is 11.5 Å². The van der Waals surface area contributed by atoms with Gasteiger partial charge in [0, 0.05) is 17.9 Å². The molecule has 1 aliphatic heterocycles. The molecule has 1 atom stereocenters. The highest BCUT2D eigenvalue weighted by Crippen LogP contribution is 2.41. The Balaban J connectivity index is 1.56. The highest BCUT2D eigenvalue weighted by Gasteiger charge is 2.32. The number of carbonyl (C=O) groups excluding carboxylic acids is 2. The molecule has 1 unspecified atom stereocenters. The number of thioether (sulfide) groups is 1. The van der Waals surface area contributed by atoms with Gasteiger partial charge in [-0.1, -0.05) is 42.5 Å². The predicted molar refractivity (Wildman–Crippen MR) is 117 cm³/mol. The minimum atomic E-state index is -0.447. The average molecular weight is 420 g/mol. The van der Waals surface area contributed by atoms with E-state index in [1.54, 1.807) is 42.1 Å². The van der Waals surface area contributed by atoms with Crippen molar-refractivity contribution >= 4 is 23.6 Å². The monoisotopic (exact) mass is 419 g/mol. The lowest BCUT2D eigenvalue weighted by Gasteiger charge is -2.25. The zero-order valence-corrected chi connectivity index (χ0v) is 17.3. The van der Waals surface area contributed by atoms with Crippen LogP contribution in [0.3, 0.4) is 0 Å². The lowest BCUT2D eigenvalue weighted by molar-refractivity contribution is 0.0729. The molecule has 0 radical (unpaired) electrons. The number of carbonyl (C=O) groups is 2. The van der Waals surface area contributed by atoms with Crippen LogP contribution in [0.4, 0.5) is 0 Å². The Morgan fingerprint density at radius 3 is 2.23 bits per heavy atom. The maximum absolute atomic E-state index is 13.0. The van der Waals surface area contributed by atoms with Crippen LogP contribution in [0.25, 0.3) is 0 Å². The van der Waals surface area contributed by atoms with E-state index < -0.39 is 5.97 Å². The lowest BCUT2D eigenvalue weighted by Crippen LogP contribution is -2.30. The molecule has 0 bridgehead atoms. The summed E-state index contributed by atoms with van der Waals surface area (Å²) in [5.41, 5.74) is 2.07. The Morgan fingerprint density at radius 2 is 1.57 bits per heavy atom. The van der Waals surface area contributed by atoms with E-state index in [0.717, 1.165) is 11.3 Å². The molecular formula is C24H21NO4S. The van der Waals surface area contributed by atoms with Crippen LogP contribution < -0.4 is 9.47 Å². The van der Waals surface area contributed by atoms with Gasteiger partial charge in [0.05, 0.1) is 12.7 Å². The SMILES string of the molecule is COc1cc(C2SCCN2C(=O)c2ccccc2)ccc1OC(=O)c1ccccc1. The Kier molecular flexibility index (Phi) is 6.05. The Bertz CT molecular complexity index is 1040. The average Bonchev–Trinajstić information content (AvgIpc) is 3.30. The number of hydrogen-bond acceptors (Lipinski definition) is 5. The number of rotatable bonds is 5. The van der Waals surface area contributed by atoms with Crippen LogP contribution in [0.1, 0.15) is 31.7 Å². The molecule has 30 heavy (non-hydrogen) atoms. The number of benzene rings is 3. The third-order valence-electron chi connectivity index (χ3n) is 4.86. The summed E-state index contributed by atoms with van der Waals surface area (Å²) in [6, 6.07) is 23.5. The van der Waals surface area contributed by atoms with Crippen molar-refractivity contribution < 1.29 is 19.1 Å². The Labute approximate surface area is 179 Å². The van der Waals surface area contributed by atoms with Crippen molar-refractivity contribution in [1.82, 2.24) is 4.90 Å². The summed E-state index contributed by atoms with van der Waals surface area (Å²) in [4.78, 5) is 27.2. The van der Waals surface area contributed by atoms with Crippen LogP contribution in [0, 0.1) is 0 Å². The third-order valence-corrected chi connectivity index (χ3v) is 6.12. The summed E-state index contributed by atoms with van der Waals surface area (Å²) in [5, 5.41) is -0.120. The van der Waals surface area contributed by atoms with Crippen molar-refractivity contribution in [3.63, 3.8) is 0 Å². The molecule has 0 aliphatic carbocycles. The highest BCUT2D eigenvalue weighted by atomic mass is 32.2. The molecule has 0 spiro atoms. The topological polar surface area (TPSA) is 55.8 Å². The molecule has 0 saturated carbocycles. The quantitative estimate of drug-likeness (QED) is 0.439. The van der Waals surface area contributed by atoms with Crippen molar-refractivity contribution in [2.75, 3.05) is 19.4 Å². The lowest BCUT2D eigenvalue weighted by atomic mass is 10.1. The van der Waals surface area contributed by atoms with E-state index in [-0.39, 0.29) is 11.3 Å². The van der Waals surface area contributed by atoms with Gasteiger partial charge in [0.25, 0.3) is 5.91 Å². The van der Waals surface area contributed by atoms with Crippen molar-refractivity contribution in [2.45, 2.75) is 5.37 Å². The zero-order valence-electron chi connectivity index (χ0n) is 16.5. The van der Waals surface area contributed by atoms with E-state index in [0.29, 0.717) is 29.2 Å². The van der Waals surface area contributed by atoms with Gasteiger partial charge in [-0.05, 0) is 42.0 Å². The maximum atomic E-state index is 13.0. The number of amides is 1. The minimum Gasteiger partial charge on any atom is -0.493 e. The first-order valence-corrected chi connectivity index (χ1v) is 10.6. The second-order valence-electron chi connectivity index (χ2n) is 6.75. The van der Waals surface area contributed by atoms with Gasteiger partial charge < -0.3 is 14.4 Å². The molecule has 3 aromatic rings. The van der Waals surface area contributed by atoms with Crippen LogP contribution >= 0.6 is 11.8 Å². The van der Waals surface area contributed by atoms with Crippen LogP contribution in [-0.4, -0.2) is 36.2 Å². The van der Waals surface area contributed by atoms with Gasteiger partial charge >= 0.3 is 5.97 Å². The molecule has 1 aliphatic rings. The van der Waals surface area contributed by atoms with E-state index >= 15 is 0 Å². The van der Waals surface area contributed by atoms with Crippen molar-refractivity contribution in [3.05, 3.63) is 95.6 Å². The molecule has 5 nitrogen and oxygen atoms in total. The predicted octanol–water partition coefficient (Wildman–Crippen LogP) is 4.80. The number of nitrogens with zero attached hydrogens (tertiary/aromatic N) is 1. The zero-order chi connectivity index (χ0) is 20.9. The second kappa shape index (κ2) is 9.05. The van der Waals surface area contributed by atoms with E-state index in [1.165, 1.54) is 7.11 Å². The van der Waals surface area contributed by atoms with E-state index in [2.05, 4.69) is 0 Å². The van der Waals surface area contributed by atoms with Crippen LogP contribution in [-0.2, 0) is 0 Å². The Hall–Kier alpha value is -3.25. The van der Waals surface area contributed by atoms with Crippen LogP contribution in [0.5, 0.6) is 11.5 Å².